The first-order valence-electron chi connectivity index (χ1n) is 13.6. The van der Waals surface area contributed by atoms with Crippen molar-refractivity contribution in [3.63, 3.8) is 0 Å². The molecule has 34 heavy (non-hydrogen) atoms. The normalized spacial score (nSPS) is 52.0. The predicted octanol–water partition coefficient (Wildman–Crippen LogP) is 6.62. The number of carboxylic acid groups (broad SMARTS) is 1. The number of fused-ring (bicyclic) bond motifs is 7. The molecule has 1 N–H and O–H groups in total. The molecule has 5 aliphatic rings. The van der Waals surface area contributed by atoms with Crippen molar-refractivity contribution in [3.8, 4) is 0 Å². The second kappa shape index (κ2) is 6.85. The molecular formula is C30H44O4. The maximum absolute atomic E-state index is 14.2. The van der Waals surface area contributed by atoms with E-state index in [0.717, 1.165) is 44.9 Å². The van der Waals surface area contributed by atoms with Crippen molar-refractivity contribution in [1.82, 2.24) is 0 Å². The summed E-state index contributed by atoms with van der Waals surface area (Å²) in [5, 5.41) is 10.0. The van der Waals surface area contributed by atoms with E-state index in [9.17, 15) is 19.5 Å². The number of hydrogen-bond donors (Lipinski definition) is 1. The minimum absolute atomic E-state index is 0.0707. The lowest BCUT2D eigenvalue weighted by molar-refractivity contribution is -0.188. The Balaban J connectivity index is 1.63. The Morgan fingerprint density at radius 2 is 1.56 bits per heavy atom. The van der Waals surface area contributed by atoms with Gasteiger partial charge in [0, 0.05) is 17.8 Å². The van der Waals surface area contributed by atoms with Crippen LogP contribution in [0.3, 0.4) is 0 Å². The molecule has 8 atom stereocenters. The molecule has 0 aromatic carbocycles. The van der Waals surface area contributed by atoms with Crippen LogP contribution >= 0.6 is 0 Å². The fraction of sp³-hybridized carbons (Fsp3) is 0.833. The van der Waals surface area contributed by atoms with Gasteiger partial charge >= 0.3 is 5.97 Å². The van der Waals surface area contributed by atoms with Crippen molar-refractivity contribution in [3.05, 3.63) is 11.6 Å². The molecule has 0 saturated heterocycles. The maximum Gasteiger partial charge on any atom is 0.309 e. The first-order valence-corrected chi connectivity index (χ1v) is 13.6. The topological polar surface area (TPSA) is 71.4 Å². The van der Waals surface area contributed by atoms with Crippen molar-refractivity contribution in [1.29, 1.82) is 0 Å². The zero-order valence-corrected chi connectivity index (χ0v) is 22.3. The van der Waals surface area contributed by atoms with Crippen LogP contribution < -0.4 is 0 Å². The van der Waals surface area contributed by atoms with E-state index in [-0.39, 0.29) is 50.6 Å². The lowest BCUT2D eigenvalue weighted by Gasteiger charge is -2.69. The minimum atomic E-state index is -0.721. The number of Topliss-reactive ketones (excluding diaryl/α,β-unsaturated/α-hetero) is 1. The molecule has 0 amide bonds. The van der Waals surface area contributed by atoms with Gasteiger partial charge in [0.25, 0.3) is 0 Å². The molecule has 0 radical (unpaired) electrons. The summed E-state index contributed by atoms with van der Waals surface area (Å²) in [6.45, 7) is 15.5. The number of rotatable bonds is 1. The molecule has 4 heteroatoms. The molecule has 0 aromatic rings. The average molecular weight is 469 g/mol. The van der Waals surface area contributed by atoms with Crippen molar-refractivity contribution in [2.75, 3.05) is 0 Å². The van der Waals surface area contributed by atoms with Crippen molar-refractivity contribution < 1.29 is 19.5 Å². The van der Waals surface area contributed by atoms with E-state index < -0.39 is 11.4 Å². The lowest BCUT2D eigenvalue weighted by atomic mass is 9.33. The number of allylic oxidation sites excluding steroid dienone is 2. The highest BCUT2D eigenvalue weighted by atomic mass is 16.4. The van der Waals surface area contributed by atoms with Crippen LogP contribution in [0, 0.1) is 50.2 Å². The number of carbonyl (C=O) groups is 3. The third-order valence-corrected chi connectivity index (χ3v) is 12.8. The third kappa shape index (κ3) is 2.75. The first-order chi connectivity index (χ1) is 15.6. The Bertz CT molecular complexity index is 1010. The monoisotopic (exact) mass is 468 g/mol. The molecule has 1 unspecified atom stereocenters. The number of aliphatic carboxylic acids is 1. The smallest absolute Gasteiger partial charge is 0.309 e. The average Bonchev–Trinajstić information content (AvgIpc) is 2.73. The van der Waals surface area contributed by atoms with E-state index in [4.69, 9.17) is 0 Å². The fourth-order valence-corrected chi connectivity index (χ4v) is 10.2. The summed E-state index contributed by atoms with van der Waals surface area (Å²) in [5.41, 5.74) is -0.205. The SMILES string of the molecule is CC1(C(=O)O)CC[C@]2(C)CC[C@]3(C)C(=CC(=O)[C@@H]4[C@@]5(C)CCC(=O)C(C)(C)[C@@H]5CC[C@]43C)[C@H]2C1. The summed E-state index contributed by atoms with van der Waals surface area (Å²) >= 11 is 0. The first kappa shape index (κ1) is 24.3. The van der Waals surface area contributed by atoms with E-state index in [1.165, 1.54) is 5.57 Å². The van der Waals surface area contributed by atoms with Gasteiger partial charge in [-0.25, -0.2) is 0 Å². The molecular weight excluding hydrogens is 424 g/mol. The molecule has 0 aromatic heterocycles. The molecule has 5 rings (SSSR count). The molecule has 0 heterocycles. The van der Waals surface area contributed by atoms with Gasteiger partial charge in [-0.3, -0.25) is 14.4 Å². The van der Waals surface area contributed by atoms with Gasteiger partial charge < -0.3 is 5.11 Å². The third-order valence-electron chi connectivity index (χ3n) is 12.8. The number of ketones is 2. The Morgan fingerprint density at radius 3 is 2.21 bits per heavy atom. The van der Waals surface area contributed by atoms with E-state index in [2.05, 4.69) is 41.5 Å². The summed E-state index contributed by atoms with van der Waals surface area (Å²) in [6.07, 6.45) is 9.78. The minimum Gasteiger partial charge on any atom is -0.481 e. The van der Waals surface area contributed by atoms with Crippen LogP contribution in [0.2, 0.25) is 0 Å². The standard InChI is InChI=1S/C30H44O4/c1-25(2)21-8-11-30(7)23(28(21,5)10-9-22(25)32)20(31)16-18-19-17-27(4,24(33)34)13-12-26(19,3)14-15-29(18,30)6/h16,19,21,23H,8-15,17H2,1-7H3,(H,33,34)/t19-,21+,23-,26-,27?,28+,29-,30-/m1/s1. The van der Waals surface area contributed by atoms with Crippen LogP contribution in [-0.4, -0.2) is 22.6 Å². The Labute approximate surface area is 205 Å². The van der Waals surface area contributed by atoms with Crippen LogP contribution in [0.4, 0.5) is 0 Å². The van der Waals surface area contributed by atoms with Gasteiger partial charge in [0.05, 0.1) is 5.41 Å². The second-order valence-corrected chi connectivity index (χ2v) is 14.7. The zero-order valence-electron chi connectivity index (χ0n) is 22.3. The van der Waals surface area contributed by atoms with E-state index in [0.29, 0.717) is 18.6 Å². The van der Waals surface area contributed by atoms with E-state index >= 15 is 0 Å². The number of hydrogen-bond acceptors (Lipinski definition) is 3. The Hall–Kier alpha value is -1.45. The van der Waals surface area contributed by atoms with Crippen molar-refractivity contribution in [2.24, 2.45) is 50.2 Å². The molecule has 188 valence electrons. The van der Waals surface area contributed by atoms with Crippen LogP contribution in [0.1, 0.15) is 106 Å². The maximum atomic E-state index is 14.2. The fourth-order valence-electron chi connectivity index (χ4n) is 10.2. The molecule has 4 fully saturated rings. The van der Waals surface area contributed by atoms with E-state index in [1.807, 2.05) is 13.0 Å². The van der Waals surface area contributed by atoms with Gasteiger partial charge in [0.15, 0.2) is 5.78 Å². The molecule has 4 saturated carbocycles. The van der Waals surface area contributed by atoms with Gasteiger partial charge in [-0.1, -0.05) is 47.1 Å². The van der Waals surface area contributed by atoms with Crippen LogP contribution in [-0.2, 0) is 14.4 Å². The lowest BCUT2D eigenvalue weighted by Crippen LogP contribution is -2.66. The Kier molecular flexibility index (Phi) is 4.89. The number of carboxylic acids is 1. The number of carbonyl (C=O) groups excluding carboxylic acids is 2. The summed E-state index contributed by atoms with van der Waals surface area (Å²) < 4.78 is 0. The highest BCUT2D eigenvalue weighted by molar-refractivity contribution is 5.96. The predicted molar refractivity (Wildman–Crippen MR) is 132 cm³/mol. The van der Waals surface area contributed by atoms with E-state index in [1.54, 1.807) is 0 Å². The van der Waals surface area contributed by atoms with Crippen molar-refractivity contribution >= 4 is 17.5 Å². The molecule has 4 nitrogen and oxygen atoms in total. The Morgan fingerprint density at radius 1 is 0.912 bits per heavy atom. The van der Waals surface area contributed by atoms with Gasteiger partial charge in [0.2, 0.25) is 0 Å². The molecule has 5 aliphatic carbocycles. The molecule has 0 bridgehead atoms. The van der Waals surface area contributed by atoms with Gasteiger partial charge in [-0.15, -0.1) is 0 Å². The van der Waals surface area contributed by atoms with Gasteiger partial charge in [-0.05, 0) is 97.9 Å². The molecule has 0 spiro atoms. The van der Waals surface area contributed by atoms with Gasteiger partial charge in [-0.2, -0.15) is 0 Å². The second-order valence-electron chi connectivity index (χ2n) is 14.7. The van der Waals surface area contributed by atoms with Crippen LogP contribution in [0.5, 0.6) is 0 Å². The zero-order chi connectivity index (χ0) is 25.1. The highest BCUT2D eigenvalue weighted by Gasteiger charge is 2.70. The quantitative estimate of drug-likeness (QED) is 0.469. The summed E-state index contributed by atoms with van der Waals surface area (Å²) in [7, 11) is 0. The highest BCUT2D eigenvalue weighted by Crippen LogP contribution is 2.74. The van der Waals surface area contributed by atoms with Crippen LogP contribution in [0.15, 0.2) is 11.6 Å². The summed E-state index contributed by atoms with van der Waals surface area (Å²) in [5.74, 6) is 0.222. The van der Waals surface area contributed by atoms with Crippen molar-refractivity contribution in [2.45, 2.75) is 106 Å². The molecule has 0 aliphatic heterocycles. The van der Waals surface area contributed by atoms with Crippen LogP contribution in [0.25, 0.3) is 0 Å². The largest absolute Gasteiger partial charge is 0.481 e. The summed E-state index contributed by atoms with van der Waals surface area (Å²) in [6, 6.07) is 0. The summed E-state index contributed by atoms with van der Waals surface area (Å²) in [4.78, 5) is 39.3. The van der Waals surface area contributed by atoms with Gasteiger partial charge in [0.1, 0.15) is 5.78 Å².